The van der Waals surface area contributed by atoms with Crippen molar-refractivity contribution in [2.24, 2.45) is 11.0 Å². The maximum absolute atomic E-state index is 11.6. The lowest BCUT2D eigenvalue weighted by Gasteiger charge is -2.09. The Bertz CT molecular complexity index is 594. The molecule has 9 nitrogen and oxygen atoms in total. The quantitative estimate of drug-likeness (QED) is 0.394. The lowest BCUT2D eigenvalue weighted by atomic mass is 10.3. The molecule has 17 heavy (non-hydrogen) atoms. The fraction of sp³-hybridized carbons (Fsp3) is 0. The van der Waals surface area contributed by atoms with Crippen molar-refractivity contribution in [2.75, 3.05) is 0 Å². The zero-order valence-corrected chi connectivity index (χ0v) is 10.0. The summed E-state index contributed by atoms with van der Waals surface area (Å²) >= 11 is 0. The van der Waals surface area contributed by atoms with Gasteiger partial charge in [-0.2, -0.15) is 0 Å². The van der Waals surface area contributed by atoms with Gasteiger partial charge in [0.05, 0.1) is 4.92 Å². The third kappa shape index (κ3) is 3.58. The van der Waals surface area contributed by atoms with E-state index < -0.39 is 33.1 Å². The number of nitrogens with one attached hydrogen (secondary N) is 1. The van der Waals surface area contributed by atoms with Crippen LogP contribution in [0.1, 0.15) is 0 Å². The number of nitrogens with zero attached hydrogens (tertiary/aromatic N) is 1. The molecule has 0 aromatic heterocycles. The van der Waals surface area contributed by atoms with Crippen LogP contribution in [0.25, 0.3) is 0 Å². The van der Waals surface area contributed by atoms with Crippen molar-refractivity contribution < 1.29 is 17.9 Å². The van der Waals surface area contributed by atoms with Gasteiger partial charge in [-0.25, -0.2) is 8.42 Å². The number of nitro groups is 1. The van der Waals surface area contributed by atoms with Crippen LogP contribution in [-0.4, -0.2) is 13.3 Å². The molecule has 0 radical (unpaired) electrons. The molecule has 0 bridgehead atoms. The Morgan fingerprint density at radius 1 is 1.29 bits per heavy atom. The smallest absolute Gasteiger partial charge is 0.270 e. The molecule has 0 amide bonds. The van der Waals surface area contributed by atoms with Crippen LogP contribution in [0, 0.1) is 10.1 Å². The Morgan fingerprint density at radius 2 is 1.82 bits per heavy atom. The van der Waals surface area contributed by atoms with E-state index in [1.54, 1.807) is 0 Å². The summed E-state index contributed by atoms with van der Waals surface area (Å²) in [5.74, 6) is 0. The summed E-state index contributed by atoms with van der Waals surface area (Å²) < 4.78 is 35.7. The fourth-order valence-corrected chi connectivity index (χ4v) is 3.64. The highest BCUT2D eigenvalue weighted by atomic mass is 32.2. The van der Waals surface area contributed by atoms with Crippen LogP contribution in [0.4, 0.5) is 5.69 Å². The maximum atomic E-state index is 11.6. The van der Waals surface area contributed by atoms with E-state index >= 15 is 0 Å². The highest BCUT2D eigenvalue weighted by Gasteiger charge is 2.29. The second-order valence-corrected chi connectivity index (χ2v) is 6.62. The Morgan fingerprint density at radius 3 is 2.29 bits per heavy atom. The van der Waals surface area contributed by atoms with E-state index in [0.29, 0.717) is 0 Å². The largest absolute Gasteiger partial charge is 0.289 e. The zero-order valence-electron chi connectivity index (χ0n) is 8.31. The highest BCUT2D eigenvalue weighted by Crippen LogP contribution is 2.28. The van der Waals surface area contributed by atoms with Gasteiger partial charge in [0, 0.05) is 6.07 Å². The Hall–Kier alpha value is -1.32. The summed E-state index contributed by atoms with van der Waals surface area (Å²) in [4.78, 5) is 9.08. The molecule has 0 heterocycles. The molecule has 0 saturated carbocycles. The van der Waals surface area contributed by atoms with Crippen LogP contribution >= 0.6 is 7.59 Å². The van der Waals surface area contributed by atoms with Crippen molar-refractivity contribution in [1.29, 1.82) is 0 Å². The van der Waals surface area contributed by atoms with Crippen molar-refractivity contribution in [3.8, 4) is 0 Å². The first-order chi connectivity index (χ1) is 7.63. The molecule has 11 heteroatoms. The molecule has 0 aliphatic rings. The molecule has 1 aromatic rings. The Labute approximate surface area is 96.5 Å². The molecule has 0 saturated heterocycles. The van der Waals surface area contributed by atoms with Gasteiger partial charge >= 0.3 is 0 Å². The van der Waals surface area contributed by atoms with Gasteiger partial charge in [0.15, 0.2) is 4.90 Å². The number of para-hydroxylation sites is 1. The molecule has 0 aliphatic heterocycles. The molecule has 0 unspecified atom stereocenters. The number of nitrogens with two attached hydrogens (primary N) is 2. The van der Waals surface area contributed by atoms with E-state index in [1.807, 2.05) is 0 Å². The third-order valence-electron chi connectivity index (χ3n) is 1.61. The van der Waals surface area contributed by atoms with Gasteiger partial charge in [0.2, 0.25) is 0 Å². The number of nitro benzene ring substituents is 1. The molecule has 0 fully saturated rings. The SMILES string of the molecule is NP(N)(=O)NS(=O)(=O)c1ccccc1[N+](=O)[O-]. The first-order valence-electron chi connectivity index (χ1n) is 4.08. The first-order valence-corrected chi connectivity index (χ1v) is 7.41. The Kier molecular flexibility index (Phi) is 3.65. The van der Waals surface area contributed by atoms with E-state index in [-0.39, 0.29) is 0 Å². The van der Waals surface area contributed by atoms with Crippen molar-refractivity contribution in [1.82, 2.24) is 4.49 Å². The number of hydrogen-bond donors (Lipinski definition) is 3. The summed E-state index contributed by atoms with van der Waals surface area (Å²) in [7, 11) is -8.46. The average Bonchev–Trinajstić information content (AvgIpc) is 2.14. The zero-order chi connectivity index (χ0) is 13.3. The van der Waals surface area contributed by atoms with Crippen LogP contribution in [0.3, 0.4) is 0 Å². The predicted molar refractivity (Wildman–Crippen MR) is 59.4 cm³/mol. The summed E-state index contributed by atoms with van der Waals surface area (Å²) in [6.07, 6.45) is 0. The number of benzene rings is 1. The minimum Gasteiger partial charge on any atom is -0.270 e. The van der Waals surface area contributed by atoms with Crippen molar-refractivity contribution in [3.63, 3.8) is 0 Å². The number of rotatable bonds is 4. The predicted octanol–water partition coefficient (Wildman–Crippen LogP) is -0.101. The van der Waals surface area contributed by atoms with Gasteiger partial charge in [0.1, 0.15) is 0 Å². The van der Waals surface area contributed by atoms with Crippen molar-refractivity contribution in [3.05, 3.63) is 34.4 Å². The average molecular weight is 280 g/mol. The van der Waals surface area contributed by atoms with Crippen molar-refractivity contribution in [2.45, 2.75) is 4.90 Å². The normalized spacial score (nSPS) is 12.4. The second-order valence-electron chi connectivity index (χ2n) is 3.03. The van der Waals surface area contributed by atoms with Crippen LogP contribution < -0.4 is 15.5 Å². The molecule has 1 aromatic carbocycles. The lowest BCUT2D eigenvalue weighted by molar-refractivity contribution is -0.387. The lowest BCUT2D eigenvalue weighted by Crippen LogP contribution is -2.29. The van der Waals surface area contributed by atoms with Crippen LogP contribution in [0.2, 0.25) is 0 Å². The van der Waals surface area contributed by atoms with E-state index in [2.05, 4.69) is 0 Å². The maximum Gasteiger partial charge on any atom is 0.289 e. The molecule has 0 aliphatic carbocycles. The highest BCUT2D eigenvalue weighted by molar-refractivity contribution is 7.95. The Balaban J connectivity index is 3.34. The van der Waals surface area contributed by atoms with E-state index in [9.17, 15) is 23.1 Å². The summed E-state index contributed by atoms with van der Waals surface area (Å²) in [5.41, 5.74) is 9.06. The number of sulfonamides is 1. The van der Waals surface area contributed by atoms with E-state index in [4.69, 9.17) is 11.0 Å². The minimum absolute atomic E-state index is 0.652. The monoisotopic (exact) mass is 280 g/mol. The summed E-state index contributed by atoms with van der Waals surface area (Å²) in [5, 5.41) is 10.6. The van der Waals surface area contributed by atoms with Gasteiger partial charge in [-0.3, -0.25) is 25.7 Å². The molecular weight excluding hydrogens is 271 g/mol. The van der Waals surface area contributed by atoms with Gasteiger partial charge in [-0.05, 0) is 6.07 Å². The molecule has 5 N–H and O–H groups in total. The molecule has 1 rings (SSSR count). The molecular formula is C6H9N4O5PS. The third-order valence-corrected chi connectivity index (χ3v) is 4.64. The van der Waals surface area contributed by atoms with Crippen LogP contribution in [-0.2, 0) is 14.6 Å². The van der Waals surface area contributed by atoms with E-state index in [0.717, 1.165) is 12.1 Å². The van der Waals surface area contributed by atoms with Crippen LogP contribution in [0.5, 0.6) is 0 Å². The summed E-state index contributed by atoms with van der Waals surface area (Å²) in [6.45, 7) is 0. The topological polar surface area (TPSA) is 158 Å². The van der Waals surface area contributed by atoms with Gasteiger partial charge in [-0.1, -0.05) is 12.1 Å². The number of hydrogen-bond acceptors (Lipinski definition) is 5. The second kappa shape index (κ2) is 4.51. The van der Waals surface area contributed by atoms with Gasteiger partial charge in [-0.15, -0.1) is 4.49 Å². The minimum atomic E-state index is -4.40. The van der Waals surface area contributed by atoms with Gasteiger partial charge in [0.25, 0.3) is 23.3 Å². The fourth-order valence-electron chi connectivity index (χ4n) is 1.07. The van der Waals surface area contributed by atoms with Crippen molar-refractivity contribution >= 4 is 23.3 Å². The molecule has 0 spiro atoms. The standard InChI is InChI=1S/C6H9N4O5PS/c7-16(8,13)9-17(14,15)6-4-2-1-3-5(6)10(11)12/h1-4H,(H5,7,8,9,13). The first kappa shape index (κ1) is 13.7. The molecule has 0 atom stereocenters. The molecule has 94 valence electrons. The van der Waals surface area contributed by atoms with Crippen LogP contribution in [0.15, 0.2) is 29.2 Å². The van der Waals surface area contributed by atoms with Gasteiger partial charge < -0.3 is 0 Å². The summed E-state index contributed by atoms with van der Waals surface area (Å²) in [6, 6.07) is 4.55. The van der Waals surface area contributed by atoms with E-state index in [1.165, 1.54) is 16.6 Å².